The highest BCUT2D eigenvalue weighted by Gasteiger charge is 2.34. The van der Waals surface area contributed by atoms with Gasteiger partial charge in [-0.15, -0.1) is 0 Å². The summed E-state index contributed by atoms with van der Waals surface area (Å²) in [6.07, 6.45) is 1.13. The molecule has 1 amide bonds. The first-order chi connectivity index (χ1) is 12.5. The number of ketones is 1. The van der Waals surface area contributed by atoms with Gasteiger partial charge >= 0.3 is 5.24 Å². The summed E-state index contributed by atoms with van der Waals surface area (Å²) in [7, 11) is -3.91. The normalized spacial score (nSPS) is 11.9. The Balaban J connectivity index is 2.25. The Labute approximate surface area is 155 Å². The maximum atomic E-state index is 14.1. The van der Waals surface area contributed by atoms with Crippen molar-refractivity contribution in [2.75, 3.05) is 11.1 Å². The minimum Gasteiger partial charge on any atom is -0.311 e. The van der Waals surface area contributed by atoms with Crippen LogP contribution in [0.4, 0.5) is 19.3 Å². The zero-order chi connectivity index (χ0) is 20.4. The first-order valence-corrected chi connectivity index (χ1v) is 9.64. The summed E-state index contributed by atoms with van der Waals surface area (Å²) in [6, 6.07) is 5.57. The van der Waals surface area contributed by atoms with Crippen LogP contribution in [0.5, 0.6) is 0 Å². The van der Waals surface area contributed by atoms with E-state index in [4.69, 9.17) is 0 Å². The number of rotatable bonds is 5. The fraction of sp³-hybridized carbons (Fsp3) is 0.278. The molecule has 0 aliphatic rings. The van der Waals surface area contributed by atoms with Gasteiger partial charge in [-0.1, -0.05) is 13.0 Å². The molecule has 0 aliphatic heterocycles. The highest BCUT2D eigenvalue weighted by molar-refractivity contribution is 8.06. The number of carbonyl (C=O) groups is 2. The second-order valence-electron chi connectivity index (χ2n) is 6.33. The van der Waals surface area contributed by atoms with Crippen LogP contribution in [0.25, 0.3) is 0 Å². The van der Waals surface area contributed by atoms with Gasteiger partial charge < -0.3 is 5.32 Å². The van der Waals surface area contributed by atoms with E-state index in [0.717, 1.165) is 12.3 Å². The molecule has 1 heterocycles. The van der Waals surface area contributed by atoms with E-state index in [-0.39, 0.29) is 22.7 Å². The third kappa shape index (κ3) is 4.36. The molecule has 0 unspecified atom stereocenters. The second kappa shape index (κ2) is 7.51. The van der Waals surface area contributed by atoms with Crippen molar-refractivity contribution in [1.29, 1.82) is 0 Å². The minimum atomic E-state index is -3.91. The Kier molecular flexibility index (Phi) is 5.74. The Hall–Kier alpha value is -2.68. The topological polar surface area (TPSA) is 93.2 Å². The van der Waals surface area contributed by atoms with Crippen LogP contribution < -0.4 is 5.32 Å². The minimum absolute atomic E-state index is 0.0138. The van der Waals surface area contributed by atoms with Gasteiger partial charge in [0.1, 0.15) is 17.3 Å². The van der Waals surface area contributed by atoms with Crippen LogP contribution in [0.15, 0.2) is 36.5 Å². The van der Waals surface area contributed by atoms with Gasteiger partial charge in [0.15, 0.2) is 5.78 Å². The molecule has 0 radical (unpaired) electrons. The maximum Gasteiger partial charge on any atom is 0.340 e. The number of carbonyl (C=O) groups excluding carboxylic acids is 2. The lowest BCUT2D eigenvalue weighted by Crippen LogP contribution is -2.31. The predicted octanol–water partition coefficient (Wildman–Crippen LogP) is 3.49. The number of sulfone groups is 1. The molecule has 0 atom stereocenters. The molecule has 0 aliphatic carbocycles. The fourth-order valence-electron chi connectivity index (χ4n) is 2.37. The van der Waals surface area contributed by atoms with E-state index in [0.29, 0.717) is 6.07 Å². The zero-order valence-corrected chi connectivity index (χ0v) is 15.7. The van der Waals surface area contributed by atoms with Gasteiger partial charge in [0.25, 0.3) is 0 Å². The Morgan fingerprint density at radius 3 is 2.33 bits per heavy atom. The van der Waals surface area contributed by atoms with E-state index < -0.39 is 37.9 Å². The number of nitrogens with one attached hydrogen (secondary N) is 1. The largest absolute Gasteiger partial charge is 0.340 e. The Bertz CT molecular complexity index is 987. The molecule has 1 aromatic carbocycles. The van der Waals surface area contributed by atoms with Crippen molar-refractivity contribution in [2.45, 2.75) is 26.2 Å². The molecule has 1 N–H and O–H groups in total. The van der Waals surface area contributed by atoms with E-state index in [1.807, 2.05) is 0 Å². The molecule has 9 heteroatoms. The maximum absolute atomic E-state index is 14.1. The molecule has 0 bridgehead atoms. The fourth-order valence-corrected chi connectivity index (χ4v) is 2.90. The molecule has 144 valence electrons. The first-order valence-electron chi connectivity index (χ1n) is 7.99. The summed E-state index contributed by atoms with van der Waals surface area (Å²) in [6.45, 7) is 4.30. The number of Topliss-reactive ketones (excluding diaryl/α,β-unsaturated/α-hetero) is 1. The lowest BCUT2D eigenvalue weighted by atomic mass is 9.79. The van der Waals surface area contributed by atoms with E-state index >= 15 is 0 Å². The van der Waals surface area contributed by atoms with E-state index in [9.17, 15) is 26.8 Å². The second-order valence-corrected chi connectivity index (χ2v) is 8.50. The Morgan fingerprint density at radius 1 is 1.15 bits per heavy atom. The number of halogens is 2. The number of benzene rings is 1. The van der Waals surface area contributed by atoms with Crippen LogP contribution in [0, 0.1) is 11.6 Å². The van der Waals surface area contributed by atoms with Crippen molar-refractivity contribution in [3.05, 3.63) is 59.4 Å². The molecular weight excluding hydrogens is 378 g/mol. The van der Waals surface area contributed by atoms with Gasteiger partial charge in [-0.2, -0.15) is 0 Å². The summed E-state index contributed by atoms with van der Waals surface area (Å²) < 4.78 is 50.1. The smallest absolute Gasteiger partial charge is 0.311 e. The average molecular weight is 396 g/mol. The number of hydrogen-bond donors (Lipinski definition) is 1. The summed E-state index contributed by atoms with van der Waals surface area (Å²) in [5, 5.41) is 1.02. The van der Waals surface area contributed by atoms with Crippen molar-refractivity contribution < 1.29 is 26.8 Å². The highest BCUT2D eigenvalue weighted by atomic mass is 32.2. The summed E-state index contributed by atoms with van der Waals surface area (Å²) in [5.74, 6) is -2.46. The molecule has 2 aromatic rings. The molecule has 0 spiro atoms. The molecule has 0 saturated carbocycles. The van der Waals surface area contributed by atoms with Crippen molar-refractivity contribution in [2.24, 2.45) is 0 Å². The molecule has 27 heavy (non-hydrogen) atoms. The Morgan fingerprint density at radius 2 is 1.81 bits per heavy atom. The van der Waals surface area contributed by atoms with E-state index in [1.54, 1.807) is 0 Å². The van der Waals surface area contributed by atoms with Crippen molar-refractivity contribution in [1.82, 2.24) is 4.98 Å². The summed E-state index contributed by atoms with van der Waals surface area (Å²) in [4.78, 5) is 28.3. The number of aromatic nitrogens is 1. The summed E-state index contributed by atoms with van der Waals surface area (Å²) >= 11 is 0. The quantitative estimate of drug-likeness (QED) is 0.781. The van der Waals surface area contributed by atoms with E-state index in [2.05, 4.69) is 10.3 Å². The van der Waals surface area contributed by atoms with Gasteiger partial charge in [0.2, 0.25) is 9.84 Å². The number of hydrogen-bond acceptors (Lipinski definition) is 5. The number of pyridine rings is 1. The summed E-state index contributed by atoms with van der Waals surface area (Å²) in [5.41, 5.74) is -1.22. The molecule has 0 fully saturated rings. The number of nitrogens with zero attached hydrogens (tertiary/aromatic N) is 1. The van der Waals surface area contributed by atoms with E-state index in [1.165, 1.54) is 39.0 Å². The molecule has 1 aromatic heterocycles. The monoisotopic (exact) mass is 396 g/mol. The van der Waals surface area contributed by atoms with Gasteiger partial charge in [-0.05, 0) is 32.0 Å². The van der Waals surface area contributed by atoms with Crippen molar-refractivity contribution >= 4 is 26.5 Å². The van der Waals surface area contributed by atoms with Crippen LogP contribution >= 0.6 is 0 Å². The van der Waals surface area contributed by atoms with Crippen LogP contribution in [0.3, 0.4) is 0 Å². The molecule has 2 rings (SSSR count). The lowest BCUT2D eigenvalue weighted by molar-refractivity contribution is 0.0900. The molecule has 6 nitrogen and oxygen atoms in total. The van der Waals surface area contributed by atoms with Gasteiger partial charge in [-0.3, -0.25) is 14.6 Å². The average Bonchev–Trinajstić information content (AvgIpc) is 2.61. The van der Waals surface area contributed by atoms with Gasteiger partial charge in [0.05, 0.1) is 23.1 Å². The van der Waals surface area contributed by atoms with Crippen LogP contribution in [0.2, 0.25) is 0 Å². The lowest BCUT2D eigenvalue weighted by Gasteiger charge is -2.24. The third-order valence-corrected chi connectivity index (χ3v) is 5.50. The third-order valence-electron chi connectivity index (χ3n) is 4.08. The zero-order valence-electron chi connectivity index (χ0n) is 14.9. The number of anilines is 1. The first kappa shape index (κ1) is 20.6. The van der Waals surface area contributed by atoms with Gasteiger partial charge in [-0.25, -0.2) is 17.2 Å². The highest BCUT2D eigenvalue weighted by Crippen LogP contribution is 2.30. The standard InChI is InChI=1S/C18H18F2N2O4S/c1-4-27(25,26)17(24)22-12-6-8-15(21-10-12)16(23)18(2,3)13-7-5-11(19)9-14(13)20/h5-10H,4H2,1-3H3,(H,22,24). The molecular formula is C18H18F2N2O4S. The SMILES string of the molecule is CCS(=O)(=O)C(=O)Nc1ccc(C(=O)C(C)(C)c2ccc(F)cc2F)nc1. The predicted molar refractivity (Wildman–Crippen MR) is 96.4 cm³/mol. The van der Waals surface area contributed by atoms with Crippen molar-refractivity contribution in [3.63, 3.8) is 0 Å². The van der Waals surface area contributed by atoms with Crippen LogP contribution in [0.1, 0.15) is 36.8 Å². The molecule has 0 saturated heterocycles. The van der Waals surface area contributed by atoms with Gasteiger partial charge in [0, 0.05) is 11.6 Å². The van der Waals surface area contributed by atoms with Crippen LogP contribution in [-0.2, 0) is 15.3 Å². The number of amides is 1. The van der Waals surface area contributed by atoms with Crippen LogP contribution in [-0.4, -0.2) is 30.2 Å². The van der Waals surface area contributed by atoms with Crippen molar-refractivity contribution in [3.8, 4) is 0 Å².